The van der Waals surface area contributed by atoms with Crippen LogP contribution in [-0.4, -0.2) is 36.4 Å². The molecule has 0 fully saturated rings. The summed E-state index contributed by atoms with van der Waals surface area (Å²) in [4.78, 5) is 25.6. The molecule has 2 aromatic carbocycles. The van der Waals surface area contributed by atoms with Crippen LogP contribution in [0.25, 0.3) is 0 Å². The summed E-state index contributed by atoms with van der Waals surface area (Å²) in [5.74, 6) is 0.388. The van der Waals surface area contributed by atoms with Gasteiger partial charge in [-0.1, -0.05) is 60.1 Å². The van der Waals surface area contributed by atoms with E-state index in [1.807, 2.05) is 48.5 Å². The summed E-state index contributed by atoms with van der Waals surface area (Å²) in [5.41, 5.74) is 7.44. The molecule has 0 saturated carbocycles. The molecule has 2 aromatic rings. The third-order valence-corrected chi connectivity index (χ3v) is 4.93. The number of ether oxygens (including phenoxy) is 1. The van der Waals surface area contributed by atoms with Gasteiger partial charge in [-0.2, -0.15) is 0 Å². The number of halogens is 1. The van der Waals surface area contributed by atoms with Gasteiger partial charge in [0.25, 0.3) is 5.91 Å². The fourth-order valence-corrected chi connectivity index (χ4v) is 3.23. The van der Waals surface area contributed by atoms with E-state index in [4.69, 9.17) is 10.5 Å². The van der Waals surface area contributed by atoms with Crippen molar-refractivity contribution in [1.29, 1.82) is 0 Å². The van der Waals surface area contributed by atoms with Gasteiger partial charge in [0, 0.05) is 24.0 Å². The lowest BCUT2D eigenvalue weighted by Gasteiger charge is -2.23. The first-order valence-electron chi connectivity index (χ1n) is 9.39. The van der Waals surface area contributed by atoms with Crippen LogP contribution < -0.4 is 10.5 Å². The highest BCUT2D eigenvalue weighted by Crippen LogP contribution is 2.29. The monoisotopic (exact) mass is 446 g/mol. The Hall–Kier alpha value is -2.34. The second kappa shape index (κ2) is 10.9. The number of hydrogen-bond acceptors (Lipinski definition) is 3. The largest absolute Gasteiger partial charge is 0.483 e. The van der Waals surface area contributed by atoms with Crippen molar-refractivity contribution >= 4 is 27.7 Å². The first-order valence-corrected chi connectivity index (χ1v) is 10.2. The zero-order valence-corrected chi connectivity index (χ0v) is 17.9. The Labute approximate surface area is 175 Å². The highest BCUT2D eigenvalue weighted by atomic mass is 79.9. The fourth-order valence-electron chi connectivity index (χ4n) is 2.85. The van der Waals surface area contributed by atoms with Gasteiger partial charge in [-0.05, 0) is 41.7 Å². The van der Waals surface area contributed by atoms with Gasteiger partial charge in [-0.3, -0.25) is 9.59 Å². The van der Waals surface area contributed by atoms with Gasteiger partial charge >= 0.3 is 0 Å². The molecule has 0 aliphatic rings. The molecule has 28 heavy (non-hydrogen) atoms. The maximum absolute atomic E-state index is 12.7. The first-order chi connectivity index (χ1) is 13.4. The van der Waals surface area contributed by atoms with Crippen LogP contribution in [0.5, 0.6) is 5.75 Å². The Morgan fingerprint density at radius 3 is 2.46 bits per heavy atom. The average molecular weight is 447 g/mol. The van der Waals surface area contributed by atoms with Gasteiger partial charge in [0.2, 0.25) is 5.91 Å². The van der Waals surface area contributed by atoms with Crippen molar-refractivity contribution < 1.29 is 14.3 Å². The van der Waals surface area contributed by atoms with Crippen LogP contribution in [0.1, 0.15) is 37.3 Å². The van der Waals surface area contributed by atoms with Crippen LogP contribution in [0, 0.1) is 0 Å². The van der Waals surface area contributed by atoms with E-state index in [9.17, 15) is 9.59 Å². The Morgan fingerprint density at radius 2 is 1.82 bits per heavy atom. The van der Waals surface area contributed by atoms with Crippen molar-refractivity contribution in [2.24, 2.45) is 5.73 Å². The Balaban J connectivity index is 2.02. The van der Waals surface area contributed by atoms with Gasteiger partial charge < -0.3 is 15.4 Å². The van der Waals surface area contributed by atoms with E-state index in [0.717, 1.165) is 15.6 Å². The van der Waals surface area contributed by atoms with Crippen LogP contribution >= 0.6 is 15.9 Å². The summed E-state index contributed by atoms with van der Waals surface area (Å²) in [6.45, 7) is 4.89. The van der Waals surface area contributed by atoms with Gasteiger partial charge in [-0.25, -0.2) is 0 Å². The second-order valence-electron chi connectivity index (χ2n) is 6.96. The molecule has 0 aromatic heterocycles. The SMILES string of the molecule is CC(C)c1cc(Br)ccc1OCC(=O)N(CCC(N)=O)CCc1ccccc1. The van der Waals surface area contributed by atoms with Crippen LogP contribution in [0.2, 0.25) is 0 Å². The van der Waals surface area contributed by atoms with Crippen molar-refractivity contribution in [3.63, 3.8) is 0 Å². The molecule has 150 valence electrons. The molecule has 0 saturated heterocycles. The minimum absolute atomic E-state index is 0.0745. The highest BCUT2D eigenvalue weighted by molar-refractivity contribution is 9.10. The molecule has 0 heterocycles. The third kappa shape index (κ3) is 7.00. The number of primary amides is 1. The molecule has 0 spiro atoms. The lowest BCUT2D eigenvalue weighted by atomic mass is 10.0. The predicted octanol–water partition coefficient (Wildman–Crippen LogP) is 3.90. The number of rotatable bonds is 10. The highest BCUT2D eigenvalue weighted by Gasteiger charge is 2.17. The van der Waals surface area contributed by atoms with Gasteiger partial charge in [0.1, 0.15) is 5.75 Å². The Bertz CT molecular complexity index is 794. The molecule has 2 rings (SSSR count). The van der Waals surface area contributed by atoms with Crippen LogP contribution in [0.3, 0.4) is 0 Å². The number of hydrogen-bond donors (Lipinski definition) is 1. The van der Waals surface area contributed by atoms with E-state index < -0.39 is 5.91 Å². The topological polar surface area (TPSA) is 72.6 Å². The summed E-state index contributed by atoms with van der Waals surface area (Å²) >= 11 is 3.47. The minimum Gasteiger partial charge on any atom is -0.483 e. The summed E-state index contributed by atoms with van der Waals surface area (Å²) in [7, 11) is 0. The molecule has 6 heteroatoms. The van der Waals surface area contributed by atoms with Crippen molar-refractivity contribution in [1.82, 2.24) is 4.90 Å². The van der Waals surface area contributed by atoms with Crippen LogP contribution in [0.4, 0.5) is 0 Å². The fraction of sp³-hybridized carbons (Fsp3) is 0.364. The predicted molar refractivity (Wildman–Crippen MR) is 114 cm³/mol. The van der Waals surface area contributed by atoms with E-state index in [1.165, 1.54) is 0 Å². The smallest absolute Gasteiger partial charge is 0.260 e. The molecule has 0 radical (unpaired) electrons. The standard InChI is InChI=1S/C22H27BrN2O3/c1-16(2)19-14-18(23)8-9-20(19)28-15-22(27)25(13-11-21(24)26)12-10-17-6-4-3-5-7-17/h3-9,14,16H,10-13,15H2,1-2H3,(H2,24,26). The molecule has 0 aliphatic heterocycles. The number of nitrogens with two attached hydrogens (primary N) is 1. The lowest BCUT2D eigenvalue weighted by molar-refractivity contribution is -0.133. The Kier molecular flexibility index (Phi) is 8.51. The van der Waals surface area contributed by atoms with Crippen molar-refractivity contribution in [2.75, 3.05) is 19.7 Å². The quantitative estimate of drug-likeness (QED) is 0.601. The molecule has 0 bridgehead atoms. The van der Waals surface area contributed by atoms with E-state index in [2.05, 4.69) is 29.8 Å². The Morgan fingerprint density at radius 1 is 1.11 bits per heavy atom. The summed E-state index contributed by atoms with van der Waals surface area (Å²) in [5, 5.41) is 0. The summed E-state index contributed by atoms with van der Waals surface area (Å²) < 4.78 is 6.80. The number of carbonyl (C=O) groups excluding carboxylic acids is 2. The van der Waals surface area contributed by atoms with Crippen molar-refractivity contribution in [3.05, 3.63) is 64.1 Å². The lowest BCUT2D eigenvalue weighted by Crippen LogP contribution is -2.38. The molecule has 2 N–H and O–H groups in total. The van der Waals surface area contributed by atoms with E-state index in [0.29, 0.717) is 25.3 Å². The van der Waals surface area contributed by atoms with E-state index >= 15 is 0 Å². The van der Waals surface area contributed by atoms with Crippen molar-refractivity contribution in [2.45, 2.75) is 32.6 Å². The number of nitrogens with zero attached hydrogens (tertiary/aromatic N) is 1. The summed E-state index contributed by atoms with van der Waals surface area (Å²) in [6, 6.07) is 15.7. The van der Waals surface area contributed by atoms with Gasteiger partial charge in [0.05, 0.1) is 0 Å². The second-order valence-corrected chi connectivity index (χ2v) is 7.87. The van der Waals surface area contributed by atoms with Crippen LogP contribution in [0.15, 0.2) is 53.0 Å². The van der Waals surface area contributed by atoms with Gasteiger partial charge in [0.15, 0.2) is 6.61 Å². The van der Waals surface area contributed by atoms with Gasteiger partial charge in [-0.15, -0.1) is 0 Å². The number of amides is 2. The first kappa shape index (κ1) is 22.0. The molecule has 5 nitrogen and oxygen atoms in total. The molecular weight excluding hydrogens is 420 g/mol. The molecule has 0 unspecified atom stereocenters. The van der Waals surface area contributed by atoms with Crippen LogP contribution in [-0.2, 0) is 16.0 Å². The summed E-state index contributed by atoms with van der Waals surface area (Å²) in [6.07, 6.45) is 0.844. The normalized spacial score (nSPS) is 10.7. The number of carbonyl (C=O) groups is 2. The van der Waals surface area contributed by atoms with E-state index in [1.54, 1.807) is 4.90 Å². The maximum atomic E-state index is 12.7. The zero-order valence-electron chi connectivity index (χ0n) is 16.4. The molecule has 0 atom stereocenters. The molecule has 2 amide bonds. The zero-order chi connectivity index (χ0) is 20.5. The minimum atomic E-state index is -0.423. The van der Waals surface area contributed by atoms with E-state index in [-0.39, 0.29) is 24.9 Å². The van der Waals surface area contributed by atoms with Crippen molar-refractivity contribution in [3.8, 4) is 5.75 Å². The maximum Gasteiger partial charge on any atom is 0.260 e. The number of benzene rings is 2. The molecule has 0 aliphatic carbocycles. The average Bonchev–Trinajstić information content (AvgIpc) is 2.67. The molecular formula is C22H27BrN2O3. The third-order valence-electron chi connectivity index (χ3n) is 4.44.